The molecule has 27 heavy (non-hydrogen) atoms. The number of para-hydroxylation sites is 1. The number of fused-ring (bicyclic) bond motifs is 1. The maximum absolute atomic E-state index is 13.1. The lowest BCUT2D eigenvalue weighted by Crippen LogP contribution is -2.30. The van der Waals surface area contributed by atoms with E-state index in [4.69, 9.17) is 0 Å². The van der Waals surface area contributed by atoms with Crippen molar-refractivity contribution in [3.63, 3.8) is 0 Å². The van der Waals surface area contributed by atoms with Crippen molar-refractivity contribution in [2.24, 2.45) is 0 Å². The molecule has 136 valence electrons. The Bertz CT molecular complexity index is 971. The highest BCUT2D eigenvalue weighted by molar-refractivity contribution is 6.06. The summed E-state index contributed by atoms with van der Waals surface area (Å²) in [7, 11) is 0. The van der Waals surface area contributed by atoms with Gasteiger partial charge < -0.3 is 10.2 Å². The molecule has 0 saturated carbocycles. The minimum Gasteiger partial charge on any atom is -0.348 e. The third-order valence-electron chi connectivity index (χ3n) is 4.85. The van der Waals surface area contributed by atoms with Crippen LogP contribution in [0.1, 0.15) is 40.3 Å². The van der Waals surface area contributed by atoms with E-state index in [1.807, 2.05) is 48.2 Å². The first-order valence-corrected chi connectivity index (χ1v) is 9.19. The van der Waals surface area contributed by atoms with Gasteiger partial charge in [-0.25, -0.2) is 9.97 Å². The van der Waals surface area contributed by atoms with Gasteiger partial charge in [-0.1, -0.05) is 48.5 Å². The number of benzene rings is 2. The molecule has 2 heterocycles. The van der Waals surface area contributed by atoms with Crippen molar-refractivity contribution >= 4 is 17.5 Å². The van der Waals surface area contributed by atoms with E-state index < -0.39 is 0 Å². The van der Waals surface area contributed by atoms with Gasteiger partial charge in [-0.15, -0.1) is 0 Å². The van der Waals surface area contributed by atoms with E-state index >= 15 is 0 Å². The normalized spacial score (nSPS) is 13.9. The molecule has 1 aliphatic rings. The molecular formula is C22H22N4O. The molecule has 1 amide bonds. The predicted octanol–water partition coefficient (Wildman–Crippen LogP) is 4.16. The van der Waals surface area contributed by atoms with Crippen molar-refractivity contribution in [3.8, 4) is 0 Å². The van der Waals surface area contributed by atoms with Crippen molar-refractivity contribution < 1.29 is 4.79 Å². The van der Waals surface area contributed by atoms with E-state index in [0.717, 1.165) is 23.4 Å². The molecule has 1 aliphatic heterocycles. The zero-order valence-electron chi connectivity index (χ0n) is 15.5. The van der Waals surface area contributed by atoms with Crippen molar-refractivity contribution in [1.82, 2.24) is 9.97 Å². The molecule has 5 heteroatoms. The van der Waals surface area contributed by atoms with Gasteiger partial charge in [0.25, 0.3) is 5.91 Å². The number of nitrogens with zero attached hydrogens (tertiary/aromatic N) is 3. The van der Waals surface area contributed by atoms with Crippen LogP contribution in [-0.2, 0) is 6.42 Å². The molecule has 0 fully saturated rings. The first kappa shape index (κ1) is 17.2. The lowest BCUT2D eigenvalue weighted by atomic mass is 10.1. The highest BCUT2D eigenvalue weighted by Crippen LogP contribution is 2.29. The van der Waals surface area contributed by atoms with Gasteiger partial charge in [0.05, 0.1) is 6.04 Å². The lowest BCUT2D eigenvalue weighted by molar-refractivity contribution is 0.0984. The van der Waals surface area contributed by atoms with E-state index in [2.05, 4.69) is 40.4 Å². The number of hydrogen-bond acceptors (Lipinski definition) is 4. The minimum atomic E-state index is -0.0825. The van der Waals surface area contributed by atoms with Gasteiger partial charge in [0, 0.05) is 17.9 Å². The third kappa shape index (κ3) is 3.53. The van der Waals surface area contributed by atoms with Gasteiger partial charge in [0.1, 0.15) is 5.69 Å². The largest absolute Gasteiger partial charge is 0.348 e. The van der Waals surface area contributed by atoms with Gasteiger partial charge in [-0.3, -0.25) is 4.79 Å². The second-order valence-electron chi connectivity index (χ2n) is 6.83. The van der Waals surface area contributed by atoms with Crippen LogP contribution in [0.25, 0.3) is 0 Å². The number of rotatable bonds is 4. The topological polar surface area (TPSA) is 58.1 Å². The van der Waals surface area contributed by atoms with E-state index in [0.29, 0.717) is 18.2 Å². The van der Waals surface area contributed by atoms with Crippen LogP contribution in [0.4, 0.5) is 11.6 Å². The average Bonchev–Trinajstić information content (AvgIpc) is 3.11. The van der Waals surface area contributed by atoms with Crippen LogP contribution in [0, 0.1) is 6.92 Å². The van der Waals surface area contributed by atoms with Crippen LogP contribution in [0.5, 0.6) is 0 Å². The monoisotopic (exact) mass is 358 g/mol. The summed E-state index contributed by atoms with van der Waals surface area (Å²) in [4.78, 5) is 23.8. The summed E-state index contributed by atoms with van der Waals surface area (Å²) >= 11 is 0. The highest BCUT2D eigenvalue weighted by atomic mass is 16.2. The number of aryl methyl sites for hydroxylation is 1. The molecular weight excluding hydrogens is 336 g/mol. The first-order valence-electron chi connectivity index (χ1n) is 9.19. The van der Waals surface area contributed by atoms with Crippen molar-refractivity contribution in [1.29, 1.82) is 0 Å². The van der Waals surface area contributed by atoms with E-state index in [1.54, 1.807) is 6.07 Å². The maximum Gasteiger partial charge on any atom is 0.277 e. The minimum absolute atomic E-state index is 0.0449. The quantitative estimate of drug-likeness (QED) is 0.761. The number of amides is 1. The van der Waals surface area contributed by atoms with Gasteiger partial charge in [0.15, 0.2) is 0 Å². The number of carbonyl (C=O) groups is 1. The number of aromatic nitrogens is 2. The number of anilines is 2. The molecule has 1 atom stereocenters. The van der Waals surface area contributed by atoms with Crippen LogP contribution in [0.15, 0.2) is 60.7 Å². The Balaban J connectivity index is 1.58. The van der Waals surface area contributed by atoms with E-state index in [-0.39, 0.29) is 11.9 Å². The van der Waals surface area contributed by atoms with Crippen molar-refractivity contribution in [2.75, 3.05) is 16.8 Å². The first-order chi connectivity index (χ1) is 13.1. The molecule has 1 N–H and O–H groups in total. The van der Waals surface area contributed by atoms with Gasteiger partial charge in [-0.05, 0) is 43.5 Å². The Hall–Kier alpha value is -3.21. The Morgan fingerprint density at radius 2 is 1.81 bits per heavy atom. The molecule has 0 bridgehead atoms. The zero-order valence-corrected chi connectivity index (χ0v) is 15.5. The summed E-state index contributed by atoms with van der Waals surface area (Å²) in [6, 6.07) is 19.9. The fourth-order valence-corrected chi connectivity index (χ4v) is 3.45. The standard InChI is InChI=1S/C22H22N4O/c1-15-14-19(21(27)26-13-12-18-10-6-7-11-20(18)26)25-22(23-15)24-16(2)17-8-4-3-5-9-17/h3-11,14,16H,12-13H2,1-2H3,(H,23,24,25). The molecule has 4 rings (SSSR count). The molecule has 0 saturated heterocycles. The third-order valence-corrected chi connectivity index (χ3v) is 4.85. The molecule has 0 aliphatic carbocycles. The Labute approximate surface area is 159 Å². The molecule has 2 aromatic carbocycles. The summed E-state index contributed by atoms with van der Waals surface area (Å²) in [6.07, 6.45) is 0.877. The molecule has 0 spiro atoms. The highest BCUT2D eigenvalue weighted by Gasteiger charge is 2.26. The Kier molecular flexibility index (Phi) is 4.59. The van der Waals surface area contributed by atoms with Crippen molar-refractivity contribution in [3.05, 3.63) is 83.2 Å². The Morgan fingerprint density at radius 3 is 2.63 bits per heavy atom. The van der Waals surface area contributed by atoms with E-state index in [9.17, 15) is 4.79 Å². The van der Waals surface area contributed by atoms with Crippen LogP contribution in [0.2, 0.25) is 0 Å². The fraction of sp³-hybridized carbons (Fsp3) is 0.227. The number of hydrogen-bond donors (Lipinski definition) is 1. The van der Waals surface area contributed by atoms with Crippen LogP contribution in [-0.4, -0.2) is 22.4 Å². The maximum atomic E-state index is 13.1. The summed E-state index contributed by atoms with van der Waals surface area (Å²) < 4.78 is 0. The van der Waals surface area contributed by atoms with Gasteiger partial charge in [-0.2, -0.15) is 0 Å². The molecule has 1 aromatic heterocycles. The fourth-order valence-electron chi connectivity index (χ4n) is 3.45. The number of nitrogens with one attached hydrogen (secondary N) is 1. The van der Waals surface area contributed by atoms with E-state index in [1.165, 1.54) is 5.56 Å². The molecule has 1 unspecified atom stereocenters. The number of carbonyl (C=O) groups excluding carboxylic acids is 1. The van der Waals surface area contributed by atoms with Crippen LogP contribution < -0.4 is 10.2 Å². The van der Waals surface area contributed by atoms with Crippen molar-refractivity contribution in [2.45, 2.75) is 26.3 Å². The summed E-state index contributed by atoms with van der Waals surface area (Å²) in [5.41, 5.74) is 4.51. The second kappa shape index (κ2) is 7.19. The van der Waals surface area contributed by atoms with Gasteiger partial charge >= 0.3 is 0 Å². The zero-order chi connectivity index (χ0) is 18.8. The van der Waals surface area contributed by atoms with Gasteiger partial charge in [0.2, 0.25) is 5.95 Å². The summed E-state index contributed by atoms with van der Waals surface area (Å²) in [5, 5.41) is 3.31. The smallest absolute Gasteiger partial charge is 0.277 e. The Morgan fingerprint density at radius 1 is 1.07 bits per heavy atom. The van der Waals surface area contributed by atoms with Crippen LogP contribution >= 0.6 is 0 Å². The predicted molar refractivity (Wildman–Crippen MR) is 107 cm³/mol. The molecule has 3 aromatic rings. The second-order valence-corrected chi connectivity index (χ2v) is 6.83. The SMILES string of the molecule is Cc1cc(C(=O)N2CCc3ccccc32)nc(NC(C)c2ccccc2)n1. The average molecular weight is 358 g/mol. The molecule has 0 radical (unpaired) electrons. The summed E-state index contributed by atoms with van der Waals surface area (Å²) in [5.74, 6) is 0.392. The van der Waals surface area contributed by atoms with Crippen LogP contribution in [0.3, 0.4) is 0 Å². The summed E-state index contributed by atoms with van der Waals surface area (Å²) in [6.45, 7) is 4.62. The lowest BCUT2D eigenvalue weighted by Gasteiger charge is -2.18. The molecule has 5 nitrogen and oxygen atoms in total.